The number of hydrogen-bond acceptors (Lipinski definition) is 6. The van der Waals surface area contributed by atoms with Gasteiger partial charge in [-0.2, -0.15) is 0 Å². The minimum Gasteiger partial charge on any atom is -0.373 e. The number of carbonyl (C=O) groups excluding carboxylic acids is 2. The predicted octanol–water partition coefficient (Wildman–Crippen LogP) is 0.397. The molecule has 2 rings (SSSR count). The molecular weight excluding hydrogens is 441 g/mol. The van der Waals surface area contributed by atoms with E-state index in [-0.39, 0.29) is 6.79 Å². The molecule has 136 valence electrons. The number of hydrogen-bond donors (Lipinski definition) is 4. The molecule has 0 aliphatic carbocycles. The van der Waals surface area contributed by atoms with Gasteiger partial charge in [-0.3, -0.25) is 9.59 Å². The Balaban J connectivity index is 2.45. The summed E-state index contributed by atoms with van der Waals surface area (Å²) in [7, 11) is 1.39. The maximum atomic E-state index is 12.6. The Labute approximate surface area is 158 Å². The van der Waals surface area contributed by atoms with Crippen molar-refractivity contribution in [3.05, 3.63) is 39.6 Å². The highest BCUT2D eigenvalue weighted by atomic mass is 127. The number of rotatable bonds is 7. The van der Waals surface area contributed by atoms with Crippen LogP contribution in [-0.4, -0.2) is 43.0 Å². The third-order valence-electron chi connectivity index (χ3n) is 3.81. The van der Waals surface area contributed by atoms with Gasteiger partial charge in [0.15, 0.2) is 5.60 Å². The van der Waals surface area contributed by atoms with Crippen LogP contribution in [0.25, 0.3) is 0 Å². The minimum absolute atomic E-state index is 0.246. The number of anilines is 1. The van der Waals surface area contributed by atoms with Crippen molar-refractivity contribution in [1.29, 1.82) is 0 Å². The third kappa shape index (κ3) is 3.70. The zero-order valence-electron chi connectivity index (χ0n) is 13.8. The number of para-hydroxylation sites is 1. The van der Waals surface area contributed by atoms with Crippen molar-refractivity contribution in [2.75, 3.05) is 19.2 Å². The number of halogens is 1. The van der Waals surface area contributed by atoms with Gasteiger partial charge in [-0.05, 0) is 41.8 Å². The molecule has 0 aromatic heterocycles. The van der Waals surface area contributed by atoms with Gasteiger partial charge in [-0.25, -0.2) is 0 Å². The molecule has 1 heterocycles. The van der Waals surface area contributed by atoms with E-state index >= 15 is 0 Å². The van der Waals surface area contributed by atoms with Crippen LogP contribution in [0, 0.1) is 3.57 Å². The summed E-state index contributed by atoms with van der Waals surface area (Å²) in [5.41, 5.74) is 4.65. The highest BCUT2D eigenvalue weighted by Gasteiger charge is 2.55. The number of ether oxygens (including phenoxy) is 2. The summed E-state index contributed by atoms with van der Waals surface area (Å²) in [5, 5.41) is 16.3. The SMILES string of the molecule is C/C=C\NC(=O)[C@@H](N)[C@@H](OCOC)C1(O)C(=O)Nc2c(I)cccc21. The third-order valence-corrected chi connectivity index (χ3v) is 4.71. The van der Waals surface area contributed by atoms with Crippen molar-refractivity contribution in [3.8, 4) is 0 Å². The molecule has 0 saturated carbocycles. The summed E-state index contributed by atoms with van der Waals surface area (Å²) < 4.78 is 11.1. The lowest BCUT2D eigenvalue weighted by atomic mass is 9.85. The van der Waals surface area contributed by atoms with Crippen LogP contribution in [0.2, 0.25) is 0 Å². The fourth-order valence-electron chi connectivity index (χ4n) is 2.61. The molecule has 1 aromatic rings. The number of methoxy groups -OCH3 is 1. The lowest BCUT2D eigenvalue weighted by Gasteiger charge is -2.33. The van der Waals surface area contributed by atoms with E-state index < -0.39 is 29.6 Å². The first kappa shape index (κ1) is 19.8. The number of amides is 2. The van der Waals surface area contributed by atoms with E-state index in [0.717, 1.165) is 3.57 Å². The van der Waals surface area contributed by atoms with Crippen LogP contribution in [0.1, 0.15) is 12.5 Å². The molecular formula is C16H20IN3O5. The maximum Gasteiger partial charge on any atom is 0.263 e. The molecule has 0 fully saturated rings. The molecule has 9 heteroatoms. The number of benzene rings is 1. The average Bonchev–Trinajstić information content (AvgIpc) is 2.86. The number of allylic oxidation sites excluding steroid dienone is 1. The molecule has 0 saturated heterocycles. The lowest BCUT2D eigenvalue weighted by Crippen LogP contribution is -2.60. The van der Waals surface area contributed by atoms with E-state index in [1.807, 2.05) is 22.6 Å². The largest absolute Gasteiger partial charge is 0.373 e. The van der Waals surface area contributed by atoms with Gasteiger partial charge in [-0.1, -0.05) is 18.2 Å². The summed E-state index contributed by atoms with van der Waals surface area (Å²) in [5.74, 6) is -1.30. The normalized spacial score (nSPS) is 21.7. The molecule has 1 aromatic carbocycles. The van der Waals surface area contributed by atoms with Gasteiger partial charge in [-0.15, -0.1) is 0 Å². The van der Waals surface area contributed by atoms with Crippen molar-refractivity contribution < 1.29 is 24.2 Å². The van der Waals surface area contributed by atoms with E-state index in [0.29, 0.717) is 11.3 Å². The topological polar surface area (TPSA) is 123 Å². The van der Waals surface area contributed by atoms with Gasteiger partial charge in [0.25, 0.3) is 5.91 Å². The average molecular weight is 461 g/mol. The van der Waals surface area contributed by atoms with Crippen molar-refractivity contribution in [1.82, 2.24) is 5.32 Å². The highest BCUT2D eigenvalue weighted by molar-refractivity contribution is 14.1. The molecule has 3 atom stereocenters. The monoisotopic (exact) mass is 461 g/mol. The first-order valence-corrected chi connectivity index (χ1v) is 8.56. The fraction of sp³-hybridized carbons (Fsp3) is 0.375. The van der Waals surface area contributed by atoms with Crippen LogP contribution in [0.3, 0.4) is 0 Å². The lowest BCUT2D eigenvalue weighted by molar-refractivity contribution is -0.177. The van der Waals surface area contributed by atoms with Gasteiger partial charge in [0.2, 0.25) is 5.91 Å². The zero-order valence-corrected chi connectivity index (χ0v) is 15.9. The van der Waals surface area contributed by atoms with Gasteiger partial charge in [0.1, 0.15) is 18.9 Å². The van der Waals surface area contributed by atoms with Crippen LogP contribution in [0.5, 0.6) is 0 Å². The van der Waals surface area contributed by atoms with Crippen LogP contribution in [0.4, 0.5) is 5.69 Å². The van der Waals surface area contributed by atoms with E-state index in [4.69, 9.17) is 15.2 Å². The number of nitrogens with two attached hydrogens (primary N) is 1. The van der Waals surface area contributed by atoms with Gasteiger partial charge in [0, 0.05) is 16.2 Å². The minimum atomic E-state index is -2.12. The van der Waals surface area contributed by atoms with Gasteiger partial charge in [0.05, 0.1) is 5.69 Å². The summed E-state index contributed by atoms with van der Waals surface area (Å²) in [6.45, 7) is 1.48. The molecule has 1 aliphatic rings. The Hall–Kier alpha value is -1.53. The number of carbonyl (C=O) groups is 2. The summed E-state index contributed by atoms with van der Waals surface area (Å²) >= 11 is 2.04. The van der Waals surface area contributed by atoms with Gasteiger partial charge < -0.3 is 30.9 Å². The standard InChI is InChI=1S/C16H20IN3O5/c1-3-7-19-14(21)11(18)13(25-8-24-2)16(23)9-5-4-6-10(17)12(9)20-15(16)22/h3-7,11,13,23H,8,18H2,1-2H3,(H,19,21)(H,20,22)/b7-3-/t11-,13+,16?/m0/s1. The summed E-state index contributed by atoms with van der Waals surface area (Å²) in [6.07, 6.45) is 1.67. The Morgan fingerprint density at radius 3 is 2.92 bits per heavy atom. The Bertz CT molecular complexity index is 696. The number of nitrogens with one attached hydrogen (secondary N) is 2. The number of fused-ring (bicyclic) bond motifs is 1. The first-order valence-electron chi connectivity index (χ1n) is 7.48. The van der Waals surface area contributed by atoms with Gasteiger partial charge >= 0.3 is 0 Å². The molecule has 25 heavy (non-hydrogen) atoms. The van der Waals surface area contributed by atoms with Crippen LogP contribution < -0.4 is 16.4 Å². The van der Waals surface area contributed by atoms with Crippen LogP contribution >= 0.6 is 22.6 Å². The zero-order chi connectivity index (χ0) is 18.6. The second kappa shape index (κ2) is 8.23. The molecule has 1 unspecified atom stereocenters. The van der Waals surface area contributed by atoms with Crippen molar-refractivity contribution >= 4 is 40.1 Å². The fourth-order valence-corrected chi connectivity index (χ4v) is 3.24. The molecule has 2 amide bonds. The van der Waals surface area contributed by atoms with E-state index in [1.54, 1.807) is 31.2 Å². The second-order valence-electron chi connectivity index (χ2n) is 5.41. The van der Waals surface area contributed by atoms with E-state index in [1.165, 1.54) is 13.3 Å². The smallest absolute Gasteiger partial charge is 0.263 e. The molecule has 8 nitrogen and oxygen atoms in total. The maximum absolute atomic E-state index is 12.6. The Morgan fingerprint density at radius 1 is 1.56 bits per heavy atom. The summed E-state index contributed by atoms with van der Waals surface area (Å²) in [6, 6.07) is 3.76. The summed E-state index contributed by atoms with van der Waals surface area (Å²) in [4.78, 5) is 24.8. The van der Waals surface area contributed by atoms with Crippen LogP contribution in [-0.2, 0) is 24.7 Å². The first-order chi connectivity index (χ1) is 11.9. The van der Waals surface area contributed by atoms with Crippen molar-refractivity contribution in [3.63, 3.8) is 0 Å². The molecule has 5 N–H and O–H groups in total. The number of aliphatic hydroxyl groups is 1. The molecule has 0 bridgehead atoms. The van der Waals surface area contributed by atoms with E-state index in [9.17, 15) is 14.7 Å². The van der Waals surface area contributed by atoms with Crippen molar-refractivity contribution in [2.24, 2.45) is 5.73 Å². The second-order valence-corrected chi connectivity index (χ2v) is 6.57. The van der Waals surface area contributed by atoms with E-state index in [2.05, 4.69) is 10.6 Å². The van der Waals surface area contributed by atoms with Crippen LogP contribution in [0.15, 0.2) is 30.5 Å². The predicted molar refractivity (Wildman–Crippen MR) is 99.4 cm³/mol. The molecule has 0 spiro atoms. The van der Waals surface area contributed by atoms with Crippen molar-refractivity contribution in [2.45, 2.75) is 24.7 Å². The highest BCUT2D eigenvalue weighted by Crippen LogP contribution is 2.42. The Kier molecular flexibility index (Phi) is 6.52. The molecule has 1 aliphatic heterocycles. The molecule has 0 radical (unpaired) electrons. The quantitative estimate of drug-likeness (QED) is 0.345. The Morgan fingerprint density at radius 2 is 2.28 bits per heavy atom.